The highest BCUT2D eigenvalue weighted by Crippen LogP contribution is 2.36. The van der Waals surface area contributed by atoms with Crippen molar-refractivity contribution in [1.82, 2.24) is 0 Å². The maximum absolute atomic E-state index is 12.1. The minimum atomic E-state index is -0.598. The molecule has 0 aromatic rings. The normalized spacial score (nSPS) is 31.8. The van der Waals surface area contributed by atoms with Gasteiger partial charge in [0, 0.05) is 21.3 Å². The zero-order valence-corrected chi connectivity index (χ0v) is 12.4. The molecular weight excluding hydrogens is 244 g/mol. The molecule has 3 heteroatoms. The number of hydrogen-bond acceptors (Lipinski definition) is 2. The van der Waals surface area contributed by atoms with E-state index in [0.29, 0.717) is 0 Å². The first-order valence-electron chi connectivity index (χ1n) is 7.45. The van der Waals surface area contributed by atoms with E-state index in [1.54, 1.807) is 0 Å². The van der Waals surface area contributed by atoms with E-state index < -0.39 is 10.8 Å². The zero-order chi connectivity index (χ0) is 12.8. The molecule has 1 saturated heterocycles. The predicted molar refractivity (Wildman–Crippen MR) is 77.0 cm³/mol. The molecule has 2 aliphatic rings. The fourth-order valence-electron chi connectivity index (χ4n) is 3.21. The van der Waals surface area contributed by atoms with Crippen LogP contribution in [0.4, 0.5) is 0 Å². The van der Waals surface area contributed by atoms with Crippen LogP contribution in [0.15, 0.2) is 11.8 Å². The van der Waals surface area contributed by atoms with E-state index in [2.05, 4.69) is 6.92 Å². The molecule has 2 atom stereocenters. The van der Waals surface area contributed by atoms with Crippen LogP contribution in [-0.2, 0) is 15.5 Å². The second-order valence-electron chi connectivity index (χ2n) is 5.65. The topological polar surface area (TPSA) is 26.3 Å². The minimum absolute atomic E-state index is 0.115. The molecule has 1 aliphatic carbocycles. The van der Waals surface area contributed by atoms with Gasteiger partial charge >= 0.3 is 0 Å². The highest BCUT2D eigenvalue weighted by atomic mass is 32.2. The zero-order valence-electron chi connectivity index (χ0n) is 11.6. The Kier molecular flexibility index (Phi) is 5.28. The van der Waals surface area contributed by atoms with Crippen LogP contribution >= 0.6 is 0 Å². The van der Waals surface area contributed by atoms with Crippen LogP contribution in [0, 0.1) is 0 Å². The highest BCUT2D eigenvalue weighted by molar-refractivity contribution is 7.86. The number of hydrogen-bond donors (Lipinski definition) is 0. The molecule has 0 radical (unpaired) electrons. The van der Waals surface area contributed by atoms with E-state index in [1.807, 2.05) is 6.26 Å². The van der Waals surface area contributed by atoms with E-state index in [-0.39, 0.29) is 4.75 Å². The van der Waals surface area contributed by atoms with E-state index in [1.165, 1.54) is 31.3 Å². The van der Waals surface area contributed by atoms with Gasteiger partial charge in [0.15, 0.2) is 0 Å². The second kappa shape index (κ2) is 6.74. The van der Waals surface area contributed by atoms with Crippen molar-refractivity contribution in [2.75, 3.05) is 12.4 Å². The van der Waals surface area contributed by atoms with Crippen LogP contribution in [0.25, 0.3) is 0 Å². The molecular formula is C15H26O2S. The van der Waals surface area contributed by atoms with Crippen LogP contribution in [-0.4, -0.2) is 21.3 Å². The maximum Gasteiger partial charge on any atom is 0.0873 e. The Morgan fingerprint density at radius 3 is 2.72 bits per heavy atom. The lowest BCUT2D eigenvalue weighted by atomic mass is 9.95. The van der Waals surface area contributed by atoms with Crippen LogP contribution < -0.4 is 0 Å². The summed E-state index contributed by atoms with van der Waals surface area (Å²) in [6.45, 7) is 2.98. The molecule has 0 N–H and O–H groups in total. The monoisotopic (exact) mass is 270 g/mol. The average molecular weight is 270 g/mol. The van der Waals surface area contributed by atoms with Gasteiger partial charge in [-0.25, -0.2) is 0 Å². The second-order valence-corrected chi connectivity index (χ2v) is 7.61. The summed E-state index contributed by atoms with van der Waals surface area (Å²) in [6.07, 6.45) is 12.6. The largest absolute Gasteiger partial charge is 0.501 e. The van der Waals surface area contributed by atoms with Crippen molar-refractivity contribution < 1.29 is 8.95 Å². The van der Waals surface area contributed by atoms with E-state index in [9.17, 15) is 4.21 Å². The van der Waals surface area contributed by atoms with Gasteiger partial charge in [0.1, 0.15) is 0 Å². The van der Waals surface area contributed by atoms with Gasteiger partial charge in [0.05, 0.1) is 12.9 Å². The van der Waals surface area contributed by atoms with Gasteiger partial charge in [0.25, 0.3) is 0 Å². The Morgan fingerprint density at radius 1 is 1.33 bits per heavy atom. The van der Waals surface area contributed by atoms with Gasteiger partial charge in [-0.05, 0) is 63.4 Å². The SMILES string of the molecule is CCC1(CCCOC=C2CCCC2)CCCS1=O. The number of allylic oxidation sites excluding steroid dienone is 1. The molecule has 0 amide bonds. The van der Waals surface area contributed by atoms with Gasteiger partial charge in [-0.2, -0.15) is 0 Å². The predicted octanol–water partition coefficient (Wildman–Crippen LogP) is 3.93. The third kappa shape index (κ3) is 3.37. The van der Waals surface area contributed by atoms with E-state index in [0.717, 1.165) is 44.5 Å². The fraction of sp³-hybridized carbons (Fsp3) is 0.867. The van der Waals surface area contributed by atoms with Crippen LogP contribution in [0.5, 0.6) is 0 Å². The molecule has 1 saturated carbocycles. The van der Waals surface area contributed by atoms with Gasteiger partial charge < -0.3 is 4.74 Å². The van der Waals surface area contributed by atoms with Crippen molar-refractivity contribution in [3.63, 3.8) is 0 Å². The van der Waals surface area contributed by atoms with Crippen molar-refractivity contribution >= 4 is 10.8 Å². The summed E-state index contributed by atoms with van der Waals surface area (Å²) in [4.78, 5) is 0. The lowest BCUT2D eigenvalue weighted by Gasteiger charge is -2.25. The third-order valence-corrected chi connectivity index (χ3v) is 6.80. The molecule has 0 aromatic heterocycles. The van der Waals surface area contributed by atoms with Crippen molar-refractivity contribution in [2.45, 2.75) is 69.5 Å². The molecule has 0 bridgehead atoms. The lowest BCUT2D eigenvalue weighted by Crippen LogP contribution is -2.29. The maximum atomic E-state index is 12.1. The van der Waals surface area contributed by atoms with Crippen molar-refractivity contribution in [2.24, 2.45) is 0 Å². The standard InChI is InChI=1S/C15H26O2S/c1-2-15(10-6-12-18(15)16)9-5-11-17-13-14-7-3-4-8-14/h13H,2-12H2,1H3. The molecule has 2 nitrogen and oxygen atoms in total. The summed E-state index contributed by atoms with van der Waals surface area (Å²) in [6, 6.07) is 0. The van der Waals surface area contributed by atoms with Gasteiger partial charge in [-0.15, -0.1) is 0 Å². The Labute approximate surface area is 114 Å². The molecule has 104 valence electrons. The molecule has 2 unspecified atom stereocenters. The molecule has 18 heavy (non-hydrogen) atoms. The molecule has 2 fully saturated rings. The van der Waals surface area contributed by atoms with Crippen LogP contribution in [0.2, 0.25) is 0 Å². The third-order valence-electron chi connectivity index (χ3n) is 4.48. The summed E-state index contributed by atoms with van der Waals surface area (Å²) in [5.41, 5.74) is 1.48. The lowest BCUT2D eigenvalue weighted by molar-refractivity contribution is 0.231. The summed E-state index contributed by atoms with van der Waals surface area (Å²) in [5, 5.41) is 0. The summed E-state index contributed by atoms with van der Waals surface area (Å²) < 4.78 is 17.8. The first-order valence-corrected chi connectivity index (χ1v) is 8.77. The Balaban J connectivity index is 1.68. The molecule has 0 spiro atoms. The van der Waals surface area contributed by atoms with E-state index in [4.69, 9.17) is 4.74 Å². The van der Waals surface area contributed by atoms with Crippen molar-refractivity contribution in [3.05, 3.63) is 11.8 Å². The Bertz CT molecular complexity index is 316. The molecule has 2 rings (SSSR count). The first kappa shape index (κ1) is 14.1. The summed E-state index contributed by atoms with van der Waals surface area (Å²) in [7, 11) is -0.598. The quantitative estimate of drug-likeness (QED) is 0.540. The van der Waals surface area contributed by atoms with Crippen molar-refractivity contribution in [1.29, 1.82) is 0 Å². The number of rotatable bonds is 6. The van der Waals surface area contributed by atoms with Crippen LogP contribution in [0.3, 0.4) is 0 Å². The highest BCUT2D eigenvalue weighted by Gasteiger charge is 2.38. The molecule has 1 aliphatic heterocycles. The number of ether oxygens (including phenoxy) is 1. The van der Waals surface area contributed by atoms with Gasteiger partial charge in [-0.1, -0.05) is 6.92 Å². The average Bonchev–Trinajstić information content (AvgIpc) is 3.00. The van der Waals surface area contributed by atoms with Gasteiger partial charge in [-0.3, -0.25) is 4.21 Å². The van der Waals surface area contributed by atoms with Crippen LogP contribution in [0.1, 0.15) is 64.7 Å². The Morgan fingerprint density at radius 2 is 2.11 bits per heavy atom. The minimum Gasteiger partial charge on any atom is -0.501 e. The first-order chi connectivity index (χ1) is 8.77. The van der Waals surface area contributed by atoms with Gasteiger partial charge in [0.2, 0.25) is 0 Å². The fourth-order valence-corrected chi connectivity index (χ4v) is 5.12. The van der Waals surface area contributed by atoms with Crippen molar-refractivity contribution in [3.8, 4) is 0 Å². The summed E-state index contributed by atoms with van der Waals surface area (Å²) in [5.74, 6) is 0.915. The smallest absolute Gasteiger partial charge is 0.0873 e. The van der Waals surface area contributed by atoms with E-state index >= 15 is 0 Å². The molecule has 1 heterocycles. The molecule has 0 aromatic carbocycles. The Hall–Kier alpha value is -0.310. The summed E-state index contributed by atoms with van der Waals surface area (Å²) >= 11 is 0.